The molecule has 0 aromatic carbocycles. The second-order valence-corrected chi connectivity index (χ2v) is 5.69. The van der Waals surface area contributed by atoms with Gasteiger partial charge in [-0.05, 0) is 17.7 Å². The minimum Gasteiger partial charge on any atom is -0.481 e. The topological polar surface area (TPSA) is 41.5 Å². The number of methoxy groups -OCH3 is 1. The lowest BCUT2D eigenvalue weighted by Crippen LogP contribution is -2.45. The zero-order valence-corrected chi connectivity index (χ0v) is 13.3. The third-order valence-corrected chi connectivity index (χ3v) is 4.09. The molecule has 3 rings (SSSR count). The molecule has 2 aromatic rings. The highest BCUT2D eigenvalue weighted by Gasteiger charge is 2.18. The van der Waals surface area contributed by atoms with Crippen molar-refractivity contribution < 1.29 is 9.13 Å². The van der Waals surface area contributed by atoms with Crippen LogP contribution in [0.3, 0.4) is 0 Å². The Balaban J connectivity index is 1.49. The molecule has 0 spiro atoms. The van der Waals surface area contributed by atoms with Gasteiger partial charge in [0.25, 0.3) is 0 Å². The van der Waals surface area contributed by atoms with Crippen LogP contribution in [0.15, 0.2) is 36.7 Å². The first-order valence-corrected chi connectivity index (χ1v) is 7.77. The molecular weight excluding hydrogens is 295 g/mol. The predicted molar refractivity (Wildman–Crippen MR) is 85.5 cm³/mol. The SMILES string of the molecule is COc1ccc(CN2CCN(Cc3ncccc3F)CC2)cn1. The fraction of sp³-hybridized carbons (Fsp3) is 0.412. The minimum absolute atomic E-state index is 0.223. The average Bonchev–Trinajstić information content (AvgIpc) is 2.59. The highest BCUT2D eigenvalue weighted by molar-refractivity contribution is 5.17. The van der Waals surface area contributed by atoms with E-state index in [1.807, 2.05) is 18.3 Å². The van der Waals surface area contributed by atoms with Crippen LogP contribution < -0.4 is 4.74 Å². The molecule has 1 aliphatic rings. The number of halogens is 1. The molecule has 23 heavy (non-hydrogen) atoms. The van der Waals surface area contributed by atoms with Crippen molar-refractivity contribution in [3.63, 3.8) is 0 Å². The van der Waals surface area contributed by atoms with Gasteiger partial charge in [0.1, 0.15) is 5.82 Å². The summed E-state index contributed by atoms with van der Waals surface area (Å²) in [6.07, 6.45) is 3.50. The number of ether oxygens (including phenoxy) is 1. The summed E-state index contributed by atoms with van der Waals surface area (Å²) in [5.41, 5.74) is 1.70. The van der Waals surface area contributed by atoms with Gasteiger partial charge in [-0.3, -0.25) is 14.8 Å². The molecule has 122 valence electrons. The van der Waals surface area contributed by atoms with E-state index in [0.717, 1.165) is 32.7 Å². The summed E-state index contributed by atoms with van der Waals surface area (Å²) in [7, 11) is 1.62. The van der Waals surface area contributed by atoms with Gasteiger partial charge in [-0.2, -0.15) is 0 Å². The van der Waals surface area contributed by atoms with E-state index in [2.05, 4.69) is 19.8 Å². The van der Waals surface area contributed by atoms with Gasteiger partial charge in [0.2, 0.25) is 5.88 Å². The third-order valence-electron chi connectivity index (χ3n) is 4.09. The molecule has 1 aliphatic heterocycles. The fourth-order valence-corrected chi connectivity index (χ4v) is 2.74. The summed E-state index contributed by atoms with van der Waals surface area (Å²) in [5.74, 6) is 0.412. The second-order valence-electron chi connectivity index (χ2n) is 5.69. The zero-order valence-electron chi connectivity index (χ0n) is 13.3. The molecule has 0 radical (unpaired) electrons. The largest absolute Gasteiger partial charge is 0.481 e. The summed E-state index contributed by atoms with van der Waals surface area (Å²) in [6.45, 7) is 5.20. The molecule has 5 nitrogen and oxygen atoms in total. The van der Waals surface area contributed by atoms with E-state index >= 15 is 0 Å². The van der Waals surface area contributed by atoms with Gasteiger partial charge < -0.3 is 4.74 Å². The van der Waals surface area contributed by atoms with Gasteiger partial charge in [-0.15, -0.1) is 0 Å². The molecule has 0 bridgehead atoms. The third kappa shape index (κ3) is 4.24. The van der Waals surface area contributed by atoms with Gasteiger partial charge in [0.15, 0.2) is 0 Å². The van der Waals surface area contributed by atoms with Crippen molar-refractivity contribution in [2.75, 3.05) is 33.3 Å². The van der Waals surface area contributed by atoms with E-state index in [1.54, 1.807) is 19.4 Å². The Bertz CT molecular complexity index is 627. The van der Waals surface area contributed by atoms with Crippen LogP contribution in [0.2, 0.25) is 0 Å². The van der Waals surface area contributed by atoms with Crippen molar-refractivity contribution in [3.8, 4) is 5.88 Å². The lowest BCUT2D eigenvalue weighted by Gasteiger charge is -2.34. The quantitative estimate of drug-likeness (QED) is 0.843. The summed E-state index contributed by atoms with van der Waals surface area (Å²) in [4.78, 5) is 13.0. The van der Waals surface area contributed by atoms with Crippen LogP contribution in [-0.4, -0.2) is 53.1 Å². The number of nitrogens with zero attached hydrogens (tertiary/aromatic N) is 4. The van der Waals surface area contributed by atoms with Crippen LogP contribution in [-0.2, 0) is 13.1 Å². The summed E-state index contributed by atoms with van der Waals surface area (Å²) in [5, 5.41) is 0. The molecule has 0 atom stereocenters. The van der Waals surface area contributed by atoms with Crippen LogP contribution in [0.5, 0.6) is 5.88 Å². The maximum Gasteiger partial charge on any atom is 0.212 e. The van der Waals surface area contributed by atoms with Crippen molar-refractivity contribution >= 4 is 0 Å². The monoisotopic (exact) mass is 316 g/mol. The van der Waals surface area contributed by atoms with Gasteiger partial charge in [-0.25, -0.2) is 9.37 Å². The van der Waals surface area contributed by atoms with Crippen LogP contribution >= 0.6 is 0 Å². The van der Waals surface area contributed by atoms with Gasteiger partial charge >= 0.3 is 0 Å². The number of piperazine rings is 1. The number of hydrogen-bond acceptors (Lipinski definition) is 5. The summed E-state index contributed by atoms with van der Waals surface area (Å²) >= 11 is 0. The average molecular weight is 316 g/mol. The number of hydrogen-bond donors (Lipinski definition) is 0. The van der Waals surface area contributed by atoms with E-state index in [-0.39, 0.29) is 5.82 Å². The second kappa shape index (κ2) is 7.48. The highest BCUT2D eigenvalue weighted by Crippen LogP contribution is 2.13. The fourth-order valence-electron chi connectivity index (χ4n) is 2.74. The van der Waals surface area contributed by atoms with Gasteiger partial charge in [-0.1, -0.05) is 6.07 Å². The Labute approximate surface area is 135 Å². The predicted octanol–water partition coefficient (Wildman–Crippen LogP) is 1.94. The van der Waals surface area contributed by atoms with Crippen LogP contribution in [0.4, 0.5) is 4.39 Å². The zero-order chi connectivity index (χ0) is 16.1. The van der Waals surface area contributed by atoms with Crippen LogP contribution in [0.1, 0.15) is 11.3 Å². The van der Waals surface area contributed by atoms with Crippen LogP contribution in [0.25, 0.3) is 0 Å². The first-order valence-electron chi connectivity index (χ1n) is 7.77. The lowest BCUT2D eigenvalue weighted by atomic mass is 10.2. The highest BCUT2D eigenvalue weighted by atomic mass is 19.1. The van der Waals surface area contributed by atoms with Gasteiger partial charge in [0, 0.05) is 57.7 Å². The molecule has 3 heterocycles. The molecule has 6 heteroatoms. The molecule has 1 saturated heterocycles. The first-order chi connectivity index (χ1) is 11.2. The number of aromatic nitrogens is 2. The van der Waals surface area contributed by atoms with Crippen molar-refractivity contribution in [2.24, 2.45) is 0 Å². The Morgan fingerprint density at radius 3 is 2.39 bits per heavy atom. The summed E-state index contributed by atoms with van der Waals surface area (Å²) in [6, 6.07) is 7.02. The van der Waals surface area contributed by atoms with Crippen molar-refractivity contribution in [1.29, 1.82) is 0 Å². The minimum atomic E-state index is -0.223. The Morgan fingerprint density at radius 2 is 1.78 bits per heavy atom. The Morgan fingerprint density at radius 1 is 1.04 bits per heavy atom. The smallest absolute Gasteiger partial charge is 0.212 e. The molecule has 0 amide bonds. The van der Waals surface area contributed by atoms with Crippen molar-refractivity contribution in [1.82, 2.24) is 19.8 Å². The first kappa shape index (κ1) is 15.8. The van der Waals surface area contributed by atoms with E-state index in [4.69, 9.17) is 4.74 Å². The number of rotatable bonds is 5. The molecule has 0 saturated carbocycles. The summed E-state index contributed by atoms with van der Waals surface area (Å²) < 4.78 is 18.7. The van der Waals surface area contributed by atoms with E-state index in [9.17, 15) is 4.39 Å². The lowest BCUT2D eigenvalue weighted by molar-refractivity contribution is 0.120. The molecule has 0 N–H and O–H groups in total. The van der Waals surface area contributed by atoms with Crippen LogP contribution in [0, 0.1) is 5.82 Å². The maximum absolute atomic E-state index is 13.7. The van der Waals surface area contributed by atoms with E-state index in [0.29, 0.717) is 18.1 Å². The molecule has 1 fully saturated rings. The Hall–Kier alpha value is -2.05. The van der Waals surface area contributed by atoms with E-state index < -0.39 is 0 Å². The maximum atomic E-state index is 13.7. The van der Waals surface area contributed by atoms with Crippen molar-refractivity contribution in [2.45, 2.75) is 13.1 Å². The van der Waals surface area contributed by atoms with Gasteiger partial charge in [0.05, 0.1) is 12.8 Å². The molecule has 2 aromatic heterocycles. The Kier molecular flexibility index (Phi) is 5.15. The molecule has 0 unspecified atom stereocenters. The number of pyridine rings is 2. The normalized spacial score (nSPS) is 16.4. The standard InChI is InChI=1S/C17H21FN4O/c1-23-17-5-4-14(11-20-17)12-21-7-9-22(10-8-21)13-16-15(18)3-2-6-19-16/h2-6,11H,7-10,12-13H2,1H3. The molecule has 0 aliphatic carbocycles. The molecular formula is C17H21FN4O. The van der Waals surface area contributed by atoms with E-state index in [1.165, 1.54) is 11.6 Å². The van der Waals surface area contributed by atoms with Crippen molar-refractivity contribution in [3.05, 3.63) is 53.7 Å².